The Bertz CT molecular complexity index is 1340. The second kappa shape index (κ2) is 7.69. The van der Waals surface area contributed by atoms with Crippen LogP contribution in [-0.4, -0.2) is 28.2 Å². The van der Waals surface area contributed by atoms with E-state index in [0.717, 1.165) is 16.6 Å². The van der Waals surface area contributed by atoms with Crippen LogP contribution in [0.5, 0.6) is 0 Å². The molecule has 0 atom stereocenters. The summed E-state index contributed by atoms with van der Waals surface area (Å²) in [4.78, 5) is 12.3. The first-order chi connectivity index (χ1) is 15.7. The van der Waals surface area contributed by atoms with E-state index in [9.17, 15) is 9.90 Å². The quantitative estimate of drug-likeness (QED) is 0.413. The molecule has 0 spiro atoms. The number of hydrogen-bond acceptors (Lipinski definition) is 4. The molecule has 6 rings (SSSR count). The first kappa shape index (κ1) is 19.9. The molecule has 2 aromatic carbocycles. The number of Topliss-reactive ketones (excluding diaryl/α,β-unsaturated/α-hetero) is 1. The molecule has 4 aromatic rings. The number of carbonyl (C=O) groups excluding carboxylic acids is 1. The molecule has 0 radical (unpaired) electrons. The topological polar surface area (TPSA) is 60.2 Å². The van der Waals surface area contributed by atoms with Gasteiger partial charge in [0.1, 0.15) is 6.61 Å². The van der Waals surface area contributed by atoms with Crippen LogP contribution in [0.4, 0.5) is 0 Å². The minimum Gasteiger partial charge on any atom is -0.388 e. The van der Waals surface area contributed by atoms with Crippen LogP contribution in [0, 0.1) is 0 Å². The normalized spacial score (nSPS) is 21.9. The fraction of sp³-hybridized carbons (Fsp3) is 0.370. The summed E-state index contributed by atoms with van der Waals surface area (Å²) >= 11 is 0. The molecule has 1 N–H and O–H groups in total. The van der Waals surface area contributed by atoms with Gasteiger partial charge in [-0.15, -0.1) is 0 Å². The molecule has 5 heteroatoms. The largest absolute Gasteiger partial charge is 0.388 e. The standard InChI is InChI=1S/C27H27NO4/c1-16-31-27(32-16)23-13-18-9-5-6-10-20(18)26-25(17-7-3-2-4-8-17)21-12-11-19(24(30)15-29)14-22(21)28(23)26/h5-6,9-14,16-17,27,29H,2-4,7-8,15H2,1H3. The molecule has 164 valence electrons. The van der Waals surface area contributed by atoms with Crippen LogP contribution in [0.2, 0.25) is 0 Å². The van der Waals surface area contributed by atoms with Crippen molar-refractivity contribution in [1.29, 1.82) is 0 Å². The lowest BCUT2D eigenvalue weighted by molar-refractivity contribution is -0.384. The number of aromatic nitrogens is 1. The van der Waals surface area contributed by atoms with Gasteiger partial charge < -0.3 is 19.0 Å². The van der Waals surface area contributed by atoms with Crippen LogP contribution in [0.3, 0.4) is 0 Å². The van der Waals surface area contributed by atoms with Gasteiger partial charge in [-0.25, -0.2) is 0 Å². The Kier molecular flexibility index (Phi) is 4.79. The number of benzene rings is 2. The van der Waals surface area contributed by atoms with Crippen molar-refractivity contribution >= 4 is 33.0 Å². The summed E-state index contributed by atoms with van der Waals surface area (Å²) in [6.07, 6.45) is 5.47. The molecule has 0 amide bonds. The van der Waals surface area contributed by atoms with Gasteiger partial charge in [0, 0.05) is 16.3 Å². The summed E-state index contributed by atoms with van der Waals surface area (Å²) in [5.74, 6) is 0.213. The van der Waals surface area contributed by atoms with Gasteiger partial charge in [0.25, 0.3) is 0 Å². The Labute approximate surface area is 186 Å². The maximum atomic E-state index is 12.3. The molecule has 1 aliphatic carbocycles. The highest BCUT2D eigenvalue weighted by Crippen LogP contribution is 2.45. The second-order valence-corrected chi connectivity index (χ2v) is 9.07. The number of hydrogen-bond donors (Lipinski definition) is 1. The molecule has 3 heterocycles. The summed E-state index contributed by atoms with van der Waals surface area (Å²) < 4.78 is 14.1. The van der Waals surface area contributed by atoms with E-state index in [0.29, 0.717) is 11.5 Å². The van der Waals surface area contributed by atoms with E-state index in [4.69, 9.17) is 9.47 Å². The summed E-state index contributed by atoms with van der Waals surface area (Å²) in [6.45, 7) is 1.40. The van der Waals surface area contributed by atoms with E-state index in [1.807, 2.05) is 19.1 Å². The van der Waals surface area contributed by atoms with Crippen LogP contribution in [0.15, 0.2) is 48.5 Å². The third-order valence-corrected chi connectivity index (χ3v) is 7.14. The minimum atomic E-state index is -0.494. The molecule has 5 nitrogen and oxygen atoms in total. The van der Waals surface area contributed by atoms with E-state index in [2.05, 4.69) is 40.8 Å². The van der Waals surface area contributed by atoms with Crippen LogP contribution in [-0.2, 0) is 9.47 Å². The van der Waals surface area contributed by atoms with Gasteiger partial charge in [-0.2, -0.15) is 0 Å². The third-order valence-electron chi connectivity index (χ3n) is 7.14. The lowest BCUT2D eigenvalue weighted by Gasteiger charge is -2.34. The van der Waals surface area contributed by atoms with E-state index in [1.165, 1.54) is 54.0 Å². The van der Waals surface area contributed by atoms with Crippen LogP contribution < -0.4 is 0 Å². The molecule has 1 saturated heterocycles. The van der Waals surface area contributed by atoms with Gasteiger partial charge in [0.15, 0.2) is 12.1 Å². The molecular formula is C27H27NO4. The summed E-state index contributed by atoms with van der Waals surface area (Å²) in [7, 11) is 0. The second-order valence-electron chi connectivity index (χ2n) is 9.07. The number of aliphatic hydroxyl groups excluding tert-OH is 1. The highest BCUT2D eigenvalue weighted by Gasteiger charge is 2.33. The van der Waals surface area contributed by atoms with Crippen molar-refractivity contribution in [3.63, 3.8) is 0 Å². The summed E-state index contributed by atoms with van der Waals surface area (Å²) in [5, 5.41) is 13.0. The van der Waals surface area contributed by atoms with Gasteiger partial charge in [-0.05, 0) is 48.8 Å². The Hall–Kier alpha value is -2.73. The van der Waals surface area contributed by atoms with Crippen LogP contribution >= 0.6 is 0 Å². The third kappa shape index (κ3) is 2.99. The lowest BCUT2D eigenvalue weighted by atomic mass is 9.82. The number of carbonyl (C=O) groups is 1. The Morgan fingerprint density at radius 1 is 1.03 bits per heavy atom. The number of rotatable bonds is 4. The molecular weight excluding hydrogens is 402 g/mol. The predicted molar refractivity (Wildman–Crippen MR) is 124 cm³/mol. The van der Waals surface area contributed by atoms with Crippen molar-refractivity contribution in [3.8, 4) is 0 Å². The molecule has 2 fully saturated rings. The number of aliphatic hydroxyl groups is 1. The lowest BCUT2D eigenvalue weighted by Crippen LogP contribution is -2.32. The molecule has 1 saturated carbocycles. The first-order valence-electron chi connectivity index (χ1n) is 11.6. The van der Waals surface area contributed by atoms with Crippen molar-refractivity contribution in [3.05, 3.63) is 65.4 Å². The van der Waals surface area contributed by atoms with Gasteiger partial charge >= 0.3 is 0 Å². The predicted octanol–water partition coefficient (Wildman–Crippen LogP) is 5.86. The number of nitrogens with zero attached hydrogens (tertiary/aromatic N) is 1. The van der Waals surface area contributed by atoms with E-state index in [-0.39, 0.29) is 12.1 Å². The first-order valence-corrected chi connectivity index (χ1v) is 11.6. The zero-order valence-corrected chi connectivity index (χ0v) is 18.2. The number of fused-ring (bicyclic) bond motifs is 5. The number of ether oxygens (including phenoxy) is 2. The van der Waals surface area contributed by atoms with Gasteiger partial charge in [-0.3, -0.25) is 4.79 Å². The molecule has 1 aliphatic heterocycles. The molecule has 32 heavy (non-hydrogen) atoms. The maximum Gasteiger partial charge on any atom is 0.204 e. The number of ketones is 1. The molecule has 2 aromatic heterocycles. The van der Waals surface area contributed by atoms with Crippen molar-refractivity contribution in [2.45, 2.75) is 57.5 Å². The van der Waals surface area contributed by atoms with Gasteiger partial charge in [0.2, 0.25) is 6.29 Å². The fourth-order valence-electron chi connectivity index (χ4n) is 5.65. The molecule has 0 unspecified atom stereocenters. The smallest absolute Gasteiger partial charge is 0.204 e. The van der Waals surface area contributed by atoms with Crippen molar-refractivity contribution < 1.29 is 19.4 Å². The highest BCUT2D eigenvalue weighted by molar-refractivity contribution is 6.08. The van der Waals surface area contributed by atoms with Crippen molar-refractivity contribution in [2.75, 3.05) is 6.61 Å². The summed E-state index contributed by atoms with van der Waals surface area (Å²) in [5.41, 5.74) is 5.01. The SMILES string of the molecule is CC1OC(c2cc3ccccc3c3c(C4CCCCC4)c4ccc(C(=O)CO)cc4n23)O1. The van der Waals surface area contributed by atoms with E-state index in [1.54, 1.807) is 0 Å². The fourth-order valence-corrected chi connectivity index (χ4v) is 5.65. The Balaban J connectivity index is 1.75. The maximum absolute atomic E-state index is 12.3. The van der Waals surface area contributed by atoms with E-state index < -0.39 is 12.9 Å². The van der Waals surface area contributed by atoms with Crippen molar-refractivity contribution in [1.82, 2.24) is 4.40 Å². The average Bonchev–Trinajstić information content (AvgIpc) is 3.16. The van der Waals surface area contributed by atoms with Crippen molar-refractivity contribution in [2.24, 2.45) is 0 Å². The van der Waals surface area contributed by atoms with Gasteiger partial charge in [0.05, 0.1) is 16.7 Å². The monoisotopic (exact) mass is 429 g/mol. The minimum absolute atomic E-state index is 0.229. The summed E-state index contributed by atoms with van der Waals surface area (Å²) in [6, 6.07) is 16.5. The zero-order valence-electron chi connectivity index (χ0n) is 18.2. The van der Waals surface area contributed by atoms with Gasteiger partial charge in [-0.1, -0.05) is 55.7 Å². The average molecular weight is 430 g/mol. The highest BCUT2D eigenvalue weighted by atomic mass is 16.9. The van der Waals surface area contributed by atoms with Crippen LogP contribution in [0.25, 0.3) is 27.2 Å². The Morgan fingerprint density at radius 3 is 2.56 bits per heavy atom. The molecule has 0 bridgehead atoms. The Morgan fingerprint density at radius 2 is 1.81 bits per heavy atom. The van der Waals surface area contributed by atoms with E-state index >= 15 is 0 Å². The number of pyridine rings is 1. The van der Waals surface area contributed by atoms with Crippen LogP contribution in [0.1, 0.15) is 72.9 Å². The zero-order chi connectivity index (χ0) is 21.8. The molecule has 2 aliphatic rings.